The Morgan fingerprint density at radius 2 is 1.88 bits per heavy atom. The van der Waals surface area contributed by atoms with Gasteiger partial charge in [-0.2, -0.15) is 0 Å². The molecule has 0 spiro atoms. The fourth-order valence-electron chi connectivity index (χ4n) is 3.10. The summed E-state index contributed by atoms with van der Waals surface area (Å²) in [7, 11) is 2.04. The third-order valence-corrected chi connectivity index (χ3v) is 4.78. The molecule has 8 heteroatoms. The van der Waals surface area contributed by atoms with Crippen molar-refractivity contribution in [3.63, 3.8) is 0 Å². The molecule has 1 saturated heterocycles. The first-order chi connectivity index (χ1) is 12.4. The van der Waals surface area contributed by atoms with Crippen molar-refractivity contribution in [1.29, 1.82) is 0 Å². The molecule has 0 saturated carbocycles. The fraction of sp³-hybridized carbons (Fsp3) is 0.500. The second-order valence-electron chi connectivity index (χ2n) is 6.73. The number of anilines is 1. The molecule has 140 valence electrons. The van der Waals surface area contributed by atoms with Crippen LogP contribution in [0.3, 0.4) is 0 Å². The number of hydrogen-bond donors (Lipinski definition) is 1. The second kappa shape index (κ2) is 7.43. The molecule has 2 amide bonds. The molecule has 1 aromatic carbocycles. The van der Waals surface area contributed by atoms with Crippen LogP contribution in [0.15, 0.2) is 18.2 Å². The number of ether oxygens (including phenoxy) is 1. The number of amides is 2. The lowest BCUT2D eigenvalue weighted by atomic mass is 10.1. The molecule has 8 nitrogen and oxygen atoms in total. The van der Waals surface area contributed by atoms with Crippen molar-refractivity contribution in [2.45, 2.75) is 19.9 Å². The zero-order valence-electron chi connectivity index (χ0n) is 15.3. The summed E-state index contributed by atoms with van der Waals surface area (Å²) in [6.45, 7) is 6.22. The maximum Gasteiger partial charge on any atom is 0.265 e. The highest BCUT2D eigenvalue weighted by Gasteiger charge is 2.34. The van der Waals surface area contributed by atoms with Gasteiger partial charge in [-0.15, -0.1) is 0 Å². The lowest BCUT2D eigenvalue weighted by Gasteiger charge is -2.36. The zero-order chi connectivity index (χ0) is 18.8. The van der Waals surface area contributed by atoms with Gasteiger partial charge in [-0.1, -0.05) is 0 Å². The maximum absolute atomic E-state index is 12.7. The van der Waals surface area contributed by atoms with Crippen molar-refractivity contribution < 1.29 is 19.1 Å². The predicted molar refractivity (Wildman–Crippen MR) is 96.1 cm³/mol. The van der Waals surface area contributed by atoms with Gasteiger partial charge in [0.25, 0.3) is 11.8 Å². The third-order valence-electron chi connectivity index (χ3n) is 4.78. The minimum atomic E-state index is -0.716. The van der Waals surface area contributed by atoms with E-state index >= 15 is 0 Å². The number of rotatable bonds is 4. The summed E-state index contributed by atoms with van der Waals surface area (Å²) in [5.74, 6) is -0.183. The number of hydrazine groups is 1. The van der Waals surface area contributed by atoms with Crippen LogP contribution in [0, 0.1) is 0 Å². The molecule has 1 N–H and O–H groups in total. The Morgan fingerprint density at radius 3 is 2.54 bits per heavy atom. The average Bonchev–Trinajstić information content (AvgIpc) is 2.62. The van der Waals surface area contributed by atoms with Gasteiger partial charge in [-0.3, -0.25) is 24.7 Å². The lowest BCUT2D eigenvalue weighted by Crippen LogP contribution is -2.58. The quantitative estimate of drug-likeness (QED) is 0.777. The molecule has 0 bridgehead atoms. The summed E-state index contributed by atoms with van der Waals surface area (Å²) in [4.78, 5) is 40.4. The van der Waals surface area contributed by atoms with Crippen LogP contribution in [0.1, 0.15) is 24.2 Å². The highest BCUT2D eigenvalue weighted by atomic mass is 16.5. The van der Waals surface area contributed by atoms with Gasteiger partial charge in [0, 0.05) is 31.7 Å². The number of benzene rings is 1. The summed E-state index contributed by atoms with van der Waals surface area (Å²) in [5.41, 5.74) is 3.82. The molecule has 0 aliphatic carbocycles. The second-order valence-corrected chi connectivity index (χ2v) is 6.73. The van der Waals surface area contributed by atoms with E-state index in [0.717, 1.165) is 26.2 Å². The average molecular weight is 360 g/mol. The van der Waals surface area contributed by atoms with E-state index in [1.165, 1.54) is 11.8 Å². The number of hydrogen-bond acceptors (Lipinski definition) is 6. The van der Waals surface area contributed by atoms with Gasteiger partial charge >= 0.3 is 0 Å². The van der Waals surface area contributed by atoms with E-state index in [1.807, 2.05) is 12.1 Å². The molecule has 26 heavy (non-hydrogen) atoms. The number of fused-ring (bicyclic) bond motifs is 1. The van der Waals surface area contributed by atoms with Crippen molar-refractivity contribution >= 4 is 23.3 Å². The molecule has 1 atom stereocenters. The molecule has 2 aliphatic heterocycles. The molecular weight excluding hydrogens is 336 g/mol. The Labute approximate surface area is 152 Å². The van der Waals surface area contributed by atoms with Crippen LogP contribution in [0.4, 0.5) is 5.69 Å². The zero-order valence-corrected chi connectivity index (χ0v) is 15.3. The molecule has 1 fully saturated rings. The molecule has 1 unspecified atom stereocenters. The van der Waals surface area contributed by atoms with Crippen molar-refractivity contribution in [2.24, 2.45) is 0 Å². The van der Waals surface area contributed by atoms with Gasteiger partial charge in [-0.05, 0) is 39.1 Å². The molecule has 0 aromatic heterocycles. The Balaban J connectivity index is 1.79. The van der Waals surface area contributed by atoms with E-state index in [4.69, 9.17) is 4.74 Å². The lowest BCUT2D eigenvalue weighted by molar-refractivity contribution is -0.131. The number of ketones is 1. The summed E-state index contributed by atoms with van der Waals surface area (Å²) in [5, 5.41) is 1.87. The van der Waals surface area contributed by atoms with Crippen LogP contribution in [-0.2, 0) is 9.59 Å². The number of carbonyl (C=O) groups excluding carboxylic acids is 3. The van der Waals surface area contributed by atoms with Crippen LogP contribution < -0.4 is 15.1 Å². The molecule has 3 rings (SSSR count). The van der Waals surface area contributed by atoms with Crippen molar-refractivity contribution in [3.05, 3.63) is 23.8 Å². The first-order valence-electron chi connectivity index (χ1n) is 8.70. The molecule has 0 radical (unpaired) electrons. The standard InChI is InChI=1S/C18H24N4O4/c1-12(18(25)19-21-8-6-20(3)7-9-21)22-15-10-14(13(2)23)4-5-16(15)26-11-17(22)24/h4-5,10,12H,6-9,11H2,1-3H3,(H,19,25). The third kappa shape index (κ3) is 3.71. The van der Waals surface area contributed by atoms with E-state index in [1.54, 1.807) is 25.1 Å². The maximum atomic E-state index is 12.7. The van der Waals surface area contributed by atoms with Gasteiger partial charge in [-0.25, -0.2) is 5.01 Å². The van der Waals surface area contributed by atoms with Gasteiger partial charge in [0.05, 0.1) is 5.69 Å². The van der Waals surface area contributed by atoms with Crippen molar-refractivity contribution in [2.75, 3.05) is 44.7 Å². The van der Waals surface area contributed by atoms with Gasteiger partial charge < -0.3 is 9.64 Å². The highest BCUT2D eigenvalue weighted by molar-refractivity contribution is 6.05. The molecule has 1 aromatic rings. The Kier molecular flexibility index (Phi) is 5.24. The topological polar surface area (TPSA) is 82.2 Å². The van der Waals surface area contributed by atoms with Crippen LogP contribution in [-0.4, -0.2) is 73.4 Å². The van der Waals surface area contributed by atoms with Crippen LogP contribution in [0.25, 0.3) is 0 Å². The van der Waals surface area contributed by atoms with Crippen LogP contribution in [0.2, 0.25) is 0 Å². The molecule has 2 heterocycles. The molecule has 2 aliphatic rings. The minimum absolute atomic E-state index is 0.111. The van der Waals surface area contributed by atoms with Crippen LogP contribution >= 0.6 is 0 Å². The monoisotopic (exact) mass is 360 g/mol. The summed E-state index contributed by atoms with van der Waals surface area (Å²) >= 11 is 0. The smallest absolute Gasteiger partial charge is 0.265 e. The van der Waals surface area contributed by atoms with E-state index in [0.29, 0.717) is 17.0 Å². The normalized spacial score (nSPS) is 19.5. The van der Waals surface area contributed by atoms with Crippen molar-refractivity contribution in [1.82, 2.24) is 15.3 Å². The number of nitrogens with zero attached hydrogens (tertiary/aromatic N) is 3. The molecular formula is C18H24N4O4. The fourth-order valence-corrected chi connectivity index (χ4v) is 3.10. The predicted octanol–water partition coefficient (Wildman–Crippen LogP) is 0.282. The van der Waals surface area contributed by atoms with Crippen molar-refractivity contribution in [3.8, 4) is 5.75 Å². The Morgan fingerprint density at radius 1 is 1.19 bits per heavy atom. The Bertz CT molecular complexity index is 728. The number of carbonyl (C=O) groups is 3. The number of nitrogens with one attached hydrogen (secondary N) is 1. The Hall–Kier alpha value is -2.45. The van der Waals surface area contributed by atoms with Gasteiger partial charge in [0.2, 0.25) is 0 Å². The summed E-state index contributed by atoms with van der Waals surface area (Å²) < 4.78 is 5.44. The van der Waals surface area contributed by atoms with Crippen LogP contribution in [0.5, 0.6) is 5.75 Å². The van der Waals surface area contributed by atoms with E-state index in [-0.39, 0.29) is 24.2 Å². The van der Waals surface area contributed by atoms with Gasteiger partial charge in [0.15, 0.2) is 12.4 Å². The summed E-state index contributed by atoms with van der Waals surface area (Å²) in [6.07, 6.45) is 0. The van der Waals surface area contributed by atoms with Gasteiger partial charge in [0.1, 0.15) is 11.8 Å². The number of Topliss-reactive ketones (excluding diaryl/α,β-unsaturated/α-hetero) is 1. The SMILES string of the molecule is CC(=O)c1ccc2c(c1)N(C(C)C(=O)NN1CCN(C)CC1)C(=O)CO2. The van der Waals surface area contributed by atoms with E-state index in [9.17, 15) is 14.4 Å². The van der Waals surface area contributed by atoms with E-state index in [2.05, 4.69) is 10.3 Å². The first kappa shape index (κ1) is 18.3. The number of likely N-dealkylation sites (N-methyl/N-ethyl adjacent to an activating group) is 1. The van der Waals surface area contributed by atoms with E-state index < -0.39 is 6.04 Å². The number of piperazine rings is 1. The highest BCUT2D eigenvalue weighted by Crippen LogP contribution is 2.34. The first-order valence-corrected chi connectivity index (χ1v) is 8.70. The summed E-state index contributed by atoms with van der Waals surface area (Å²) in [6, 6.07) is 4.21. The largest absolute Gasteiger partial charge is 0.482 e. The minimum Gasteiger partial charge on any atom is -0.482 e.